The van der Waals surface area contributed by atoms with E-state index in [0.29, 0.717) is 18.8 Å². The fourth-order valence-electron chi connectivity index (χ4n) is 1.65. The maximum absolute atomic E-state index is 12.2. The molecule has 5 nitrogen and oxygen atoms in total. The predicted molar refractivity (Wildman–Crippen MR) is 67.9 cm³/mol. The summed E-state index contributed by atoms with van der Waals surface area (Å²) < 4.78 is 1.74. The molecule has 17 heavy (non-hydrogen) atoms. The van der Waals surface area contributed by atoms with Gasteiger partial charge in [0.05, 0.1) is 5.69 Å². The number of carbonyl (C=O) groups excluding carboxylic acids is 1. The molecular weight excluding hydrogens is 216 g/mol. The molecule has 0 aliphatic rings. The third kappa shape index (κ3) is 3.56. The molecule has 0 aliphatic carbocycles. The SMILES string of the molecule is CCn1nc(C)cc1C(=O)N(C)CCC(C)N. The summed E-state index contributed by atoms with van der Waals surface area (Å²) >= 11 is 0. The van der Waals surface area contributed by atoms with Crippen molar-refractivity contribution in [3.8, 4) is 0 Å². The molecule has 96 valence electrons. The van der Waals surface area contributed by atoms with Crippen molar-refractivity contribution < 1.29 is 4.79 Å². The molecule has 1 unspecified atom stereocenters. The van der Waals surface area contributed by atoms with Crippen molar-refractivity contribution in [1.82, 2.24) is 14.7 Å². The van der Waals surface area contributed by atoms with E-state index in [1.54, 1.807) is 16.6 Å². The molecule has 0 radical (unpaired) electrons. The van der Waals surface area contributed by atoms with Crippen LogP contribution in [-0.2, 0) is 6.54 Å². The Bertz CT molecular complexity index is 384. The predicted octanol–water partition coefficient (Wildman–Crippen LogP) is 1.02. The minimum atomic E-state index is 0.00750. The van der Waals surface area contributed by atoms with Crippen LogP contribution in [-0.4, -0.2) is 40.2 Å². The van der Waals surface area contributed by atoms with E-state index in [0.717, 1.165) is 12.1 Å². The third-order valence-electron chi connectivity index (χ3n) is 2.69. The number of amides is 1. The van der Waals surface area contributed by atoms with Gasteiger partial charge in [-0.05, 0) is 33.3 Å². The molecule has 1 atom stereocenters. The lowest BCUT2D eigenvalue weighted by Gasteiger charge is -2.18. The van der Waals surface area contributed by atoms with Gasteiger partial charge in [0.2, 0.25) is 0 Å². The van der Waals surface area contributed by atoms with Crippen molar-refractivity contribution in [2.75, 3.05) is 13.6 Å². The lowest BCUT2D eigenvalue weighted by molar-refractivity contribution is 0.0779. The first-order valence-electron chi connectivity index (χ1n) is 6.01. The Balaban J connectivity index is 2.74. The second-order valence-electron chi connectivity index (χ2n) is 4.48. The fourth-order valence-corrected chi connectivity index (χ4v) is 1.65. The van der Waals surface area contributed by atoms with Crippen LogP contribution in [0.4, 0.5) is 0 Å². The lowest BCUT2D eigenvalue weighted by atomic mass is 10.2. The van der Waals surface area contributed by atoms with Gasteiger partial charge >= 0.3 is 0 Å². The zero-order valence-corrected chi connectivity index (χ0v) is 11.1. The maximum atomic E-state index is 12.2. The number of aromatic nitrogens is 2. The fraction of sp³-hybridized carbons (Fsp3) is 0.667. The van der Waals surface area contributed by atoms with Gasteiger partial charge in [-0.25, -0.2) is 0 Å². The Kier molecular flexibility index (Phi) is 4.69. The molecule has 0 aromatic carbocycles. The Morgan fingerprint density at radius 2 is 2.29 bits per heavy atom. The number of nitrogens with zero attached hydrogens (tertiary/aromatic N) is 3. The van der Waals surface area contributed by atoms with Gasteiger partial charge in [0.25, 0.3) is 5.91 Å². The Hall–Kier alpha value is -1.36. The van der Waals surface area contributed by atoms with E-state index in [1.165, 1.54) is 0 Å². The van der Waals surface area contributed by atoms with Gasteiger partial charge in [-0.1, -0.05) is 0 Å². The van der Waals surface area contributed by atoms with Crippen molar-refractivity contribution in [2.24, 2.45) is 5.73 Å². The van der Waals surface area contributed by atoms with E-state index in [-0.39, 0.29) is 11.9 Å². The van der Waals surface area contributed by atoms with Crippen LogP contribution in [0.2, 0.25) is 0 Å². The largest absolute Gasteiger partial charge is 0.340 e. The molecule has 5 heteroatoms. The lowest BCUT2D eigenvalue weighted by Crippen LogP contribution is -2.32. The number of hydrogen-bond donors (Lipinski definition) is 1. The van der Waals surface area contributed by atoms with E-state index in [9.17, 15) is 4.79 Å². The van der Waals surface area contributed by atoms with Crippen LogP contribution >= 0.6 is 0 Å². The Morgan fingerprint density at radius 1 is 1.65 bits per heavy atom. The van der Waals surface area contributed by atoms with E-state index in [1.807, 2.05) is 26.8 Å². The number of rotatable bonds is 5. The molecule has 0 saturated carbocycles. The van der Waals surface area contributed by atoms with Crippen LogP contribution in [0.3, 0.4) is 0 Å². The monoisotopic (exact) mass is 238 g/mol. The highest BCUT2D eigenvalue weighted by Gasteiger charge is 2.17. The molecule has 1 aromatic heterocycles. The van der Waals surface area contributed by atoms with Crippen molar-refractivity contribution in [1.29, 1.82) is 0 Å². The minimum Gasteiger partial charge on any atom is -0.340 e. The number of aryl methyl sites for hydroxylation is 2. The topological polar surface area (TPSA) is 64.2 Å². The molecule has 0 saturated heterocycles. The molecule has 1 amide bonds. The molecule has 0 spiro atoms. The van der Waals surface area contributed by atoms with E-state index >= 15 is 0 Å². The van der Waals surface area contributed by atoms with Gasteiger partial charge in [0.15, 0.2) is 0 Å². The van der Waals surface area contributed by atoms with Crippen LogP contribution in [0.25, 0.3) is 0 Å². The summed E-state index contributed by atoms with van der Waals surface area (Å²) in [6, 6.07) is 1.94. The number of nitrogens with two attached hydrogens (primary N) is 1. The van der Waals surface area contributed by atoms with Crippen molar-refractivity contribution in [3.05, 3.63) is 17.5 Å². The van der Waals surface area contributed by atoms with E-state index in [4.69, 9.17) is 5.73 Å². The van der Waals surface area contributed by atoms with Crippen molar-refractivity contribution in [3.63, 3.8) is 0 Å². The van der Waals surface area contributed by atoms with Gasteiger partial charge in [-0.15, -0.1) is 0 Å². The number of hydrogen-bond acceptors (Lipinski definition) is 3. The Labute approximate surface area is 103 Å². The second-order valence-corrected chi connectivity index (χ2v) is 4.48. The molecule has 2 N–H and O–H groups in total. The van der Waals surface area contributed by atoms with Crippen molar-refractivity contribution in [2.45, 2.75) is 39.8 Å². The van der Waals surface area contributed by atoms with Gasteiger partial charge in [-0.3, -0.25) is 9.48 Å². The second kappa shape index (κ2) is 5.82. The quantitative estimate of drug-likeness (QED) is 0.833. The Morgan fingerprint density at radius 3 is 2.82 bits per heavy atom. The molecule has 1 heterocycles. The standard InChI is InChI=1S/C12H22N4O/c1-5-16-11(8-10(3)14-16)12(17)15(4)7-6-9(2)13/h8-9H,5-7,13H2,1-4H3. The highest BCUT2D eigenvalue weighted by atomic mass is 16.2. The zero-order chi connectivity index (χ0) is 13.0. The van der Waals surface area contributed by atoms with Crippen LogP contribution < -0.4 is 5.73 Å². The van der Waals surface area contributed by atoms with Crippen LogP contribution in [0, 0.1) is 6.92 Å². The van der Waals surface area contributed by atoms with Crippen LogP contribution in [0.15, 0.2) is 6.07 Å². The van der Waals surface area contributed by atoms with Gasteiger partial charge in [-0.2, -0.15) is 5.10 Å². The maximum Gasteiger partial charge on any atom is 0.271 e. The smallest absolute Gasteiger partial charge is 0.271 e. The van der Waals surface area contributed by atoms with Crippen molar-refractivity contribution >= 4 is 5.91 Å². The van der Waals surface area contributed by atoms with E-state index in [2.05, 4.69) is 5.10 Å². The zero-order valence-electron chi connectivity index (χ0n) is 11.1. The molecule has 1 rings (SSSR count). The van der Waals surface area contributed by atoms with E-state index < -0.39 is 0 Å². The summed E-state index contributed by atoms with van der Waals surface area (Å²) in [5.41, 5.74) is 7.21. The normalized spacial score (nSPS) is 12.5. The average molecular weight is 238 g/mol. The summed E-state index contributed by atoms with van der Waals surface area (Å²) in [7, 11) is 1.80. The van der Waals surface area contributed by atoms with Gasteiger partial charge in [0.1, 0.15) is 5.69 Å². The molecular formula is C12H22N4O. The molecule has 0 aliphatic heterocycles. The first-order valence-corrected chi connectivity index (χ1v) is 6.01. The van der Waals surface area contributed by atoms with Gasteiger partial charge < -0.3 is 10.6 Å². The van der Waals surface area contributed by atoms with Crippen LogP contribution in [0.1, 0.15) is 36.5 Å². The summed E-state index contributed by atoms with van der Waals surface area (Å²) in [6.07, 6.45) is 0.807. The summed E-state index contributed by atoms with van der Waals surface area (Å²) in [5.74, 6) is 0.00750. The summed E-state index contributed by atoms with van der Waals surface area (Å²) in [6.45, 7) is 7.19. The van der Waals surface area contributed by atoms with Crippen LogP contribution in [0.5, 0.6) is 0 Å². The first-order chi connectivity index (χ1) is 7.95. The summed E-state index contributed by atoms with van der Waals surface area (Å²) in [5, 5.41) is 4.27. The molecule has 1 aromatic rings. The molecule has 0 fully saturated rings. The van der Waals surface area contributed by atoms with Gasteiger partial charge in [0, 0.05) is 26.2 Å². The first kappa shape index (κ1) is 13.7. The minimum absolute atomic E-state index is 0.00750. The third-order valence-corrected chi connectivity index (χ3v) is 2.69. The average Bonchev–Trinajstić information content (AvgIpc) is 2.66. The summed E-state index contributed by atoms with van der Waals surface area (Å²) in [4.78, 5) is 13.9. The number of carbonyl (C=O) groups is 1. The molecule has 0 bridgehead atoms. The highest BCUT2D eigenvalue weighted by Crippen LogP contribution is 2.07. The highest BCUT2D eigenvalue weighted by molar-refractivity contribution is 5.92.